The van der Waals surface area contributed by atoms with Gasteiger partial charge < -0.3 is 4.74 Å². The normalized spacial score (nSPS) is 12.0. The second-order valence-electron chi connectivity index (χ2n) is 4.24. The van der Waals surface area contributed by atoms with Crippen LogP contribution in [-0.2, 0) is 0 Å². The molecule has 0 bridgehead atoms. The zero-order valence-corrected chi connectivity index (χ0v) is 11.1. The average Bonchev–Trinajstić information content (AvgIpc) is 2.25. The van der Waals surface area contributed by atoms with E-state index >= 15 is 0 Å². The minimum atomic E-state index is 0.486. The Labute approximate surface area is 103 Å². The second-order valence-corrected chi connectivity index (χ2v) is 4.50. The lowest BCUT2D eigenvalue weighted by Gasteiger charge is -2.09. The summed E-state index contributed by atoms with van der Waals surface area (Å²) in [5, 5.41) is 0. The van der Waals surface area contributed by atoms with Crippen molar-refractivity contribution in [3.63, 3.8) is 0 Å². The molecule has 1 nitrogen and oxygen atoms in total. The van der Waals surface area contributed by atoms with Crippen LogP contribution in [0.4, 0.5) is 0 Å². The molecule has 0 aliphatic carbocycles. The minimum Gasteiger partial charge on any atom is -0.496 e. The van der Waals surface area contributed by atoms with E-state index in [1.807, 2.05) is 13.0 Å². The smallest absolute Gasteiger partial charge is 0.121 e. The topological polar surface area (TPSA) is 9.23 Å². The number of alkyl halides is 1. The first-order valence-corrected chi connectivity index (χ1v) is 6.03. The molecule has 0 saturated carbocycles. The van der Waals surface area contributed by atoms with Crippen LogP contribution in [-0.4, -0.2) is 13.0 Å². The monoisotopic (exact) mass is 238 g/mol. The van der Waals surface area contributed by atoms with Gasteiger partial charge in [-0.05, 0) is 36.1 Å². The summed E-state index contributed by atoms with van der Waals surface area (Å²) in [6.45, 7) is 6.36. The number of halogens is 1. The van der Waals surface area contributed by atoms with E-state index in [4.69, 9.17) is 16.3 Å². The Bertz CT molecular complexity index is 380. The maximum Gasteiger partial charge on any atom is 0.121 e. The molecule has 0 amide bonds. The van der Waals surface area contributed by atoms with Crippen LogP contribution in [0.25, 0.3) is 6.08 Å². The minimum absolute atomic E-state index is 0.486. The molecule has 1 rings (SSSR count). The quantitative estimate of drug-likeness (QED) is 0.712. The third-order valence-electron chi connectivity index (χ3n) is 2.67. The molecule has 1 aromatic rings. The first-order chi connectivity index (χ1) is 7.58. The number of ether oxygens (including phenoxy) is 1. The van der Waals surface area contributed by atoms with Gasteiger partial charge in [-0.3, -0.25) is 0 Å². The molecular formula is C14H19ClO. The van der Waals surface area contributed by atoms with Crippen molar-refractivity contribution in [2.45, 2.75) is 20.8 Å². The summed E-state index contributed by atoms with van der Waals surface area (Å²) < 4.78 is 5.23. The number of allylic oxidation sites excluding steroid dienone is 1. The summed E-state index contributed by atoms with van der Waals surface area (Å²) in [7, 11) is 1.69. The molecule has 0 aromatic heterocycles. The second kappa shape index (κ2) is 5.95. The van der Waals surface area contributed by atoms with E-state index in [9.17, 15) is 0 Å². The SMILES string of the molecule is COc1ccc(C=C(CCl)C(C)C)cc1C. The lowest BCUT2D eigenvalue weighted by Crippen LogP contribution is -1.95. The number of hydrogen-bond acceptors (Lipinski definition) is 1. The highest BCUT2D eigenvalue weighted by Gasteiger charge is 2.03. The van der Waals surface area contributed by atoms with Crippen molar-refractivity contribution in [2.75, 3.05) is 13.0 Å². The van der Waals surface area contributed by atoms with Crippen molar-refractivity contribution in [3.05, 3.63) is 34.9 Å². The summed E-state index contributed by atoms with van der Waals surface area (Å²) in [5.74, 6) is 2.00. The van der Waals surface area contributed by atoms with Crippen LogP contribution in [0.5, 0.6) is 5.75 Å². The highest BCUT2D eigenvalue weighted by atomic mass is 35.5. The van der Waals surface area contributed by atoms with Gasteiger partial charge in [0.05, 0.1) is 7.11 Å². The van der Waals surface area contributed by atoms with Crippen molar-refractivity contribution in [1.82, 2.24) is 0 Å². The van der Waals surface area contributed by atoms with E-state index in [0.29, 0.717) is 11.8 Å². The van der Waals surface area contributed by atoms with Crippen molar-refractivity contribution in [3.8, 4) is 5.75 Å². The highest BCUT2D eigenvalue weighted by Crippen LogP contribution is 2.22. The van der Waals surface area contributed by atoms with E-state index < -0.39 is 0 Å². The van der Waals surface area contributed by atoms with Gasteiger partial charge in [0.1, 0.15) is 5.75 Å². The van der Waals surface area contributed by atoms with E-state index in [1.165, 1.54) is 11.1 Å². The van der Waals surface area contributed by atoms with Gasteiger partial charge in [-0.2, -0.15) is 0 Å². The van der Waals surface area contributed by atoms with E-state index in [1.54, 1.807) is 7.11 Å². The Morgan fingerprint density at radius 1 is 1.44 bits per heavy atom. The molecule has 0 radical (unpaired) electrons. The number of hydrogen-bond donors (Lipinski definition) is 0. The van der Waals surface area contributed by atoms with Gasteiger partial charge in [-0.25, -0.2) is 0 Å². The van der Waals surface area contributed by atoms with Crippen LogP contribution in [0.1, 0.15) is 25.0 Å². The van der Waals surface area contributed by atoms with E-state index in [2.05, 4.69) is 32.1 Å². The Morgan fingerprint density at radius 3 is 2.56 bits per heavy atom. The van der Waals surface area contributed by atoms with Gasteiger partial charge in [0, 0.05) is 5.88 Å². The molecule has 0 aliphatic heterocycles. The Balaban J connectivity index is 3.01. The van der Waals surface area contributed by atoms with Crippen molar-refractivity contribution in [2.24, 2.45) is 5.92 Å². The van der Waals surface area contributed by atoms with Gasteiger partial charge in [0.2, 0.25) is 0 Å². The lowest BCUT2D eigenvalue weighted by molar-refractivity contribution is 0.411. The fourth-order valence-electron chi connectivity index (χ4n) is 1.57. The molecule has 16 heavy (non-hydrogen) atoms. The fraction of sp³-hybridized carbons (Fsp3) is 0.429. The predicted octanol–water partition coefficient (Wildman–Crippen LogP) is 4.28. The number of methoxy groups -OCH3 is 1. The molecule has 0 spiro atoms. The number of rotatable bonds is 4. The predicted molar refractivity (Wildman–Crippen MR) is 71.3 cm³/mol. The number of benzene rings is 1. The standard InChI is InChI=1S/C14H19ClO/c1-10(2)13(9-15)8-12-5-6-14(16-4)11(3)7-12/h5-8,10H,9H2,1-4H3. The van der Waals surface area contributed by atoms with Crippen molar-refractivity contribution in [1.29, 1.82) is 0 Å². The lowest BCUT2D eigenvalue weighted by atomic mass is 10.0. The third kappa shape index (κ3) is 3.28. The molecule has 0 fully saturated rings. The van der Waals surface area contributed by atoms with Crippen LogP contribution < -0.4 is 4.74 Å². The van der Waals surface area contributed by atoms with Gasteiger partial charge in [0.25, 0.3) is 0 Å². The van der Waals surface area contributed by atoms with Gasteiger partial charge in [0.15, 0.2) is 0 Å². The van der Waals surface area contributed by atoms with E-state index in [0.717, 1.165) is 11.3 Å². The van der Waals surface area contributed by atoms with Crippen LogP contribution in [0.2, 0.25) is 0 Å². The van der Waals surface area contributed by atoms with Gasteiger partial charge >= 0.3 is 0 Å². The first-order valence-electron chi connectivity index (χ1n) is 5.49. The highest BCUT2D eigenvalue weighted by molar-refractivity contribution is 6.19. The zero-order chi connectivity index (χ0) is 12.1. The Kier molecular flexibility index (Phi) is 4.88. The molecular weight excluding hydrogens is 220 g/mol. The van der Waals surface area contributed by atoms with Crippen LogP contribution in [0.15, 0.2) is 23.8 Å². The maximum atomic E-state index is 5.92. The van der Waals surface area contributed by atoms with Crippen LogP contribution in [0.3, 0.4) is 0 Å². The first kappa shape index (κ1) is 13.1. The molecule has 88 valence electrons. The number of aryl methyl sites for hydroxylation is 1. The van der Waals surface area contributed by atoms with Gasteiger partial charge in [-0.15, -0.1) is 11.6 Å². The molecule has 0 aliphatic rings. The van der Waals surface area contributed by atoms with Crippen molar-refractivity contribution < 1.29 is 4.74 Å². The van der Waals surface area contributed by atoms with Crippen molar-refractivity contribution >= 4 is 17.7 Å². The Morgan fingerprint density at radius 2 is 2.12 bits per heavy atom. The molecule has 2 heteroatoms. The summed E-state index contributed by atoms with van der Waals surface area (Å²) in [5.41, 5.74) is 3.59. The van der Waals surface area contributed by atoms with Crippen LogP contribution >= 0.6 is 11.6 Å². The molecule has 0 heterocycles. The molecule has 1 aromatic carbocycles. The molecule has 0 N–H and O–H groups in total. The Hall–Kier alpha value is -0.950. The average molecular weight is 239 g/mol. The van der Waals surface area contributed by atoms with Crippen LogP contribution in [0, 0.1) is 12.8 Å². The largest absolute Gasteiger partial charge is 0.496 e. The molecule has 0 atom stereocenters. The molecule has 0 unspecified atom stereocenters. The van der Waals surface area contributed by atoms with E-state index in [-0.39, 0.29) is 0 Å². The zero-order valence-electron chi connectivity index (χ0n) is 10.4. The maximum absolute atomic E-state index is 5.92. The van der Waals surface area contributed by atoms with Gasteiger partial charge in [-0.1, -0.05) is 31.6 Å². The summed E-state index contributed by atoms with van der Waals surface area (Å²) in [6, 6.07) is 6.17. The fourth-order valence-corrected chi connectivity index (χ4v) is 1.95. The summed E-state index contributed by atoms with van der Waals surface area (Å²) in [6.07, 6.45) is 2.16. The molecule has 0 saturated heterocycles. The third-order valence-corrected chi connectivity index (χ3v) is 2.98. The summed E-state index contributed by atoms with van der Waals surface area (Å²) >= 11 is 5.92. The summed E-state index contributed by atoms with van der Waals surface area (Å²) in [4.78, 5) is 0.